The molecule has 0 amide bonds. The van der Waals surface area contributed by atoms with Crippen molar-refractivity contribution in [2.24, 2.45) is 0 Å². The summed E-state index contributed by atoms with van der Waals surface area (Å²) in [6.07, 6.45) is 2.50. The Morgan fingerprint density at radius 2 is 2.06 bits per heavy atom. The maximum atomic E-state index is 11.6. The lowest BCUT2D eigenvalue weighted by Crippen LogP contribution is -2.48. The second-order valence-corrected chi connectivity index (χ2v) is 6.01. The summed E-state index contributed by atoms with van der Waals surface area (Å²) < 4.78 is 31.3. The summed E-state index contributed by atoms with van der Waals surface area (Å²) in [6.45, 7) is 3.38. The van der Waals surface area contributed by atoms with Crippen LogP contribution in [-0.2, 0) is 14.8 Å². The van der Waals surface area contributed by atoms with Crippen LogP contribution in [0.15, 0.2) is 0 Å². The SMILES string of the molecule is CCOC1CC(NS(=O)(=O)CCCNC)C1. The summed E-state index contributed by atoms with van der Waals surface area (Å²) in [5, 5.41) is 2.93. The molecule has 1 aliphatic carbocycles. The van der Waals surface area contributed by atoms with E-state index in [4.69, 9.17) is 4.74 Å². The quantitative estimate of drug-likeness (QED) is 0.599. The van der Waals surface area contributed by atoms with E-state index in [-0.39, 0.29) is 17.9 Å². The summed E-state index contributed by atoms with van der Waals surface area (Å²) >= 11 is 0. The first-order chi connectivity index (χ1) is 7.57. The molecule has 1 rings (SSSR count). The van der Waals surface area contributed by atoms with E-state index in [0.29, 0.717) is 13.0 Å². The van der Waals surface area contributed by atoms with Gasteiger partial charge in [-0.25, -0.2) is 13.1 Å². The predicted octanol–water partition coefficient (Wildman–Crippen LogP) is 0.0828. The van der Waals surface area contributed by atoms with Gasteiger partial charge in [-0.15, -0.1) is 0 Å². The third-order valence-corrected chi connectivity index (χ3v) is 4.20. The molecule has 0 unspecified atom stereocenters. The number of nitrogens with one attached hydrogen (secondary N) is 2. The lowest BCUT2D eigenvalue weighted by atomic mass is 9.90. The van der Waals surface area contributed by atoms with Gasteiger partial charge in [-0.3, -0.25) is 0 Å². The van der Waals surface area contributed by atoms with E-state index in [1.807, 2.05) is 14.0 Å². The number of hydrogen-bond acceptors (Lipinski definition) is 4. The van der Waals surface area contributed by atoms with Crippen molar-refractivity contribution < 1.29 is 13.2 Å². The van der Waals surface area contributed by atoms with Crippen molar-refractivity contribution in [1.82, 2.24) is 10.0 Å². The molecule has 96 valence electrons. The van der Waals surface area contributed by atoms with Gasteiger partial charge in [0.1, 0.15) is 0 Å². The van der Waals surface area contributed by atoms with Gasteiger partial charge in [0.05, 0.1) is 11.9 Å². The highest BCUT2D eigenvalue weighted by Gasteiger charge is 2.32. The molecule has 0 heterocycles. The number of hydrogen-bond donors (Lipinski definition) is 2. The molecule has 1 saturated carbocycles. The van der Waals surface area contributed by atoms with Crippen molar-refractivity contribution in [3.63, 3.8) is 0 Å². The van der Waals surface area contributed by atoms with Gasteiger partial charge < -0.3 is 10.1 Å². The normalized spacial score (nSPS) is 25.4. The largest absolute Gasteiger partial charge is 0.378 e. The van der Waals surface area contributed by atoms with E-state index in [9.17, 15) is 8.42 Å². The van der Waals surface area contributed by atoms with Crippen LogP contribution in [0.25, 0.3) is 0 Å². The molecule has 1 aliphatic rings. The van der Waals surface area contributed by atoms with Crippen LogP contribution in [0.5, 0.6) is 0 Å². The molecule has 0 atom stereocenters. The molecule has 0 bridgehead atoms. The van der Waals surface area contributed by atoms with Gasteiger partial charge in [-0.1, -0.05) is 0 Å². The minimum Gasteiger partial charge on any atom is -0.378 e. The lowest BCUT2D eigenvalue weighted by Gasteiger charge is -2.35. The van der Waals surface area contributed by atoms with Crippen LogP contribution in [0.3, 0.4) is 0 Å². The molecule has 16 heavy (non-hydrogen) atoms. The molecule has 0 radical (unpaired) electrons. The molecule has 0 aliphatic heterocycles. The predicted molar refractivity (Wildman–Crippen MR) is 63.9 cm³/mol. The number of rotatable bonds is 8. The van der Waals surface area contributed by atoms with Gasteiger partial charge in [0, 0.05) is 12.6 Å². The van der Waals surface area contributed by atoms with Crippen LogP contribution in [0, 0.1) is 0 Å². The summed E-state index contributed by atoms with van der Waals surface area (Å²) in [5.41, 5.74) is 0. The fraction of sp³-hybridized carbons (Fsp3) is 1.00. The fourth-order valence-electron chi connectivity index (χ4n) is 1.79. The first-order valence-corrected chi connectivity index (χ1v) is 7.49. The molecule has 2 N–H and O–H groups in total. The highest BCUT2D eigenvalue weighted by Crippen LogP contribution is 2.23. The Labute approximate surface area is 98.0 Å². The Bertz CT molecular complexity index is 286. The van der Waals surface area contributed by atoms with Crippen LogP contribution >= 0.6 is 0 Å². The molecule has 0 saturated heterocycles. The van der Waals surface area contributed by atoms with Crippen LogP contribution in [0.1, 0.15) is 26.2 Å². The van der Waals surface area contributed by atoms with E-state index in [0.717, 1.165) is 19.4 Å². The molecule has 0 aromatic rings. The Kier molecular flexibility index (Phi) is 5.68. The van der Waals surface area contributed by atoms with Crippen LogP contribution in [0.4, 0.5) is 0 Å². The van der Waals surface area contributed by atoms with Crippen molar-refractivity contribution in [3.05, 3.63) is 0 Å². The van der Waals surface area contributed by atoms with Crippen molar-refractivity contribution in [1.29, 1.82) is 0 Å². The van der Waals surface area contributed by atoms with Gasteiger partial charge in [-0.05, 0) is 39.8 Å². The molecular formula is C10H22N2O3S. The average Bonchev–Trinajstić information content (AvgIpc) is 2.15. The first-order valence-electron chi connectivity index (χ1n) is 5.83. The Morgan fingerprint density at radius 3 is 2.62 bits per heavy atom. The summed E-state index contributed by atoms with van der Waals surface area (Å²) in [4.78, 5) is 0. The number of sulfonamides is 1. The molecule has 0 spiro atoms. The van der Waals surface area contributed by atoms with Crippen molar-refractivity contribution in [3.8, 4) is 0 Å². The standard InChI is InChI=1S/C10H22N2O3S/c1-3-15-10-7-9(8-10)12-16(13,14)6-4-5-11-2/h9-12H,3-8H2,1-2H3. The van der Waals surface area contributed by atoms with Crippen LogP contribution in [-0.4, -0.2) is 46.5 Å². The van der Waals surface area contributed by atoms with Gasteiger partial charge in [0.2, 0.25) is 10.0 Å². The second-order valence-electron chi connectivity index (χ2n) is 4.14. The monoisotopic (exact) mass is 250 g/mol. The van der Waals surface area contributed by atoms with Gasteiger partial charge >= 0.3 is 0 Å². The van der Waals surface area contributed by atoms with Gasteiger partial charge in [0.25, 0.3) is 0 Å². The summed E-state index contributed by atoms with van der Waals surface area (Å²) in [6, 6.07) is 0.0798. The zero-order valence-corrected chi connectivity index (χ0v) is 10.8. The fourth-order valence-corrected chi connectivity index (χ4v) is 3.13. The van der Waals surface area contributed by atoms with E-state index < -0.39 is 10.0 Å². The lowest BCUT2D eigenvalue weighted by molar-refractivity contribution is -0.00475. The third kappa shape index (κ3) is 4.78. The first kappa shape index (κ1) is 13.9. The van der Waals surface area contributed by atoms with E-state index >= 15 is 0 Å². The van der Waals surface area contributed by atoms with Crippen molar-refractivity contribution >= 4 is 10.0 Å². The van der Waals surface area contributed by atoms with Crippen LogP contribution in [0.2, 0.25) is 0 Å². The van der Waals surface area contributed by atoms with E-state index in [1.54, 1.807) is 0 Å². The van der Waals surface area contributed by atoms with Crippen molar-refractivity contribution in [2.75, 3.05) is 26.0 Å². The maximum absolute atomic E-state index is 11.6. The zero-order valence-electron chi connectivity index (χ0n) is 10.0. The smallest absolute Gasteiger partial charge is 0.211 e. The Morgan fingerprint density at radius 1 is 1.38 bits per heavy atom. The molecule has 0 aromatic carbocycles. The third-order valence-electron chi connectivity index (χ3n) is 2.68. The topological polar surface area (TPSA) is 67.4 Å². The maximum Gasteiger partial charge on any atom is 0.211 e. The Balaban J connectivity index is 2.17. The summed E-state index contributed by atoms with van der Waals surface area (Å²) in [7, 11) is -1.28. The molecular weight excluding hydrogens is 228 g/mol. The zero-order chi connectivity index (χ0) is 12.0. The van der Waals surface area contributed by atoms with E-state index in [1.165, 1.54) is 0 Å². The minimum absolute atomic E-state index is 0.0798. The van der Waals surface area contributed by atoms with Gasteiger partial charge in [0.15, 0.2) is 0 Å². The minimum atomic E-state index is -3.10. The average molecular weight is 250 g/mol. The Hall–Kier alpha value is -0.170. The highest BCUT2D eigenvalue weighted by atomic mass is 32.2. The molecule has 5 nitrogen and oxygen atoms in total. The van der Waals surface area contributed by atoms with E-state index in [2.05, 4.69) is 10.0 Å². The molecule has 6 heteroatoms. The summed E-state index contributed by atoms with van der Waals surface area (Å²) in [5.74, 6) is 0.198. The van der Waals surface area contributed by atoms with Crippen LogP contribution < -0.4 is 10.0 Å². The highest BCUT2D eigenvalue weighted by molar-refractivity contribution is 7.89. The molecule has 0 aromatic heterocycles. The second kappa shape index (κ2) is 6.54. The van der Waals surface area contributed by atoms with Gasteiger partial charge in [-0.2, -0.15) is 0 Å². The molecule has 1 fully saturated rings. The van der Waals surface area contributed by atoms with Crippen molar-refractivity contribution in [2.45, 2.75) is 38.3 Å². The number of ether oxygens (including phenoxy) is 1.